The van der Waals surface area contributed by atoms with Crippen LogP contribution in [-0.4, -0.2) is 22.2 Å². The molecule has 0 saturated heterocycles. The summed E-state index contributed by atoms with van der Waals surface area (Å²) < 4.78 is 36.1. The highest BCUT2D eigenvalue weighted by atomic mass is 19.4. The second kappa shape index (κ2) is 3.08. The number of aliphatic carboxylic acids is 1. The summed E-state index contributed by atoms with van der Waals surface area (Å²) in [6.07, 6.45) is 0. The molecule has 1 N–H and O–H groups in total. The molecule has 0 aromatic rings. The zero-order valence-electron chi connectivity index (χ0n) is 6.01. The Morgan fingerprint density at radius 3 is 1.91 bits per heavy atom. The molecule has 11 heavy (non-hydrogen) atoms. The number of nitrogens with zero attached hydrogens (tertiary/aromatic N) is 1. The normalized spacial score (nSPS) is 17.0. The third-order valence-corrected chi connectivity index (χ3v) is 1.31. The van der Waals surface area contributed by atoms with Crippen molar-refractivity contribution in [1.29, 1.82) is 0 Å². The van der Waals surface area contributed by atoms with E-state index in [4.69, 9.17) is 5.11 Å². The van der Waals surface area contributed by atoms with Crippen molar-refractivity contribution in [3.05, 3.63) is 0 Å². The molecule has 0 rings (SSSR count). The van der Waals surface area contributed by atoms with Crippen LogP contribution in [0.2, 0.25) is 0 Å². The lowest BCUT2D eigenvalue weighted by atomic mass is 10.0. The number of rotatable bonds is 3. The van der Waals surface area contributed by atoms with Gasteiger partial charge in [0.05, 0.1) is 5.34 Å². The molecule has 0 heterocycles. The van der Waals surface area contributed by atoms with E-state index in [0.717, 1.165) is 13.8 Å². The van der Waals surface area contributed by atoms with Crippen LogP contribution >= 0.6 is 0 Å². The fourth-order valence-electron chi connectivity index (χ4n) is 0.514. The molecule has 0 aliphatic rings. The van der Waals surface area contributed by atoms with Crippen molar-refractivity contribution in [1.82, 2.24) is 5.34 Å². The van der Waals surface area contributed by atoms with Gasteiger partial charge in [0.25, 0.3) is 0 Å². The predicted molar refractivity (Wildman–Crippen MR) is 30.4 cm³/mol. The van der Waals surface area contributed by atoms with Gasteiger partial charge in [-0.15, -0.1) is 0 Å². The Labute approximate surface area is 61.3 Å². The lowest BCUT2D eigenvalue weighted by molar-refractivity contribution is -0.289. The summed E-state index contributed by atoms with van der Waals surface area (Å²) in [5.74, 6) is -7.08. The van der Waals surface area contributed by atoms with Crippen LogP contribution in [0.1, 0.15) is 13.8 Å². The molecule has 66 valence electrons. The zero-order chi connectivity index (χ0) is 9.23. The standard InChI is InChI=1S/C5H8F3NO2/c1-3(2)5(6,4(10)11)9(7)8/h3H,1-2H3,(H,10,11). The van der Waals surface area contributed by atoms with Gasteiger partial charge in [-0.05, 0) is 0 Å². The van der Waals surface area contributed by atoms with E-state index < -0.39 is 23.0 Å². The van der Waals surface area contributed by atoms with Gasteiger partial charge in [0.1, 0.15) is 0 Å². The molecule has 0 radical (unpaired) electrons. The van der Waals surface area contributed by atoms with Crippen LogP contribution in [0.4, 0.5) is 13.4 Å². The molecule has 0 fully saturated rings. The molecule has 1 unspecified atom stereocenters. The highest BCUT2D eigenvalue weighted by Gasteiger charge is 2.50. The first kappa shape index (κ1) is 10.2. The minimum atomic E-state index is -3.58. The number of carbonyl (C=O) groups is 1. The van der Waals surface area contributed by atoms with Crippen LogP contribution in [0.15, 0.2) is 0 Å². The topological polar surface area (TPSA) is 40.5 Å². The minimum absolute atomic E-state index is 1.06. The average Bonchev–Trinajstić information content (AvgIpc) is 1.84. The molecule has 0 aromatic heterocycles. The first-order valence-corrected chi connectivity index (χ1v) is 2.87. The van der Waals surface area contributed by atoms with Crippen molar-refractivity contribution in [3.8, 4) is 0 Å². The molecule has 1 atom stereocenters. The maximum absolute atomic E-state index is 12.7. The van der Waals surface area contributed by atoms with Crippen LogP contribution in [0.5, 0.6) is 0 Å². The number of hydrogen-bond acceptors (Lipinski definition) is 2. The fraction of sp³-hybridized carbons (Fsp3) is 0.800. The molecule has 6 heteroatoms. The molecular formula is C5H8F3NO2. The molecule has 0 amide bonds. The van der Waals surface area contributed by atoms with Crippen LogP contribution in [0, 0.1) is 5.92 Å². The molecule has 0 bridgehead atoms. The fourth-order valence-corrected chi connectivity index (χ4v) is 0.514. The number of halogens is 3. The first-order valence-electron chi connectivity index (χ1n) is 2.87. The minimum Gasteiger partial charge on any atom is -0.478 e. The zero-order valence-corrected chi connectivity index (χ0v) is 6.01. The van der Waals surface area contributed by atoms with E-state index in [-0.39, 0.29) is 0 Å². The van der Waals surface area contributed by atoms with E-state index in [0.29, 0.717) is 0 Å². The molecular weight excluding hydrogens is 163 g/mol. The van der Waals surface area contributed by atoms with Gasteiger partial charge in [0.2, 0.25) is 0 Å². The van der Waals surface area contributed by atoms with E-state index >= 15 is 0 Å². The van der Waals surface area contributed by atoms with Crippen molar-refractivity contribution in [3.63, 3.8) is 0 Å². The third-order valence-electron chi connectivity index (χ3n) is 1.31. The van der Waals surface area contributed by atoms with Gasteiger partial charge < -0.3 is 5.11 Å². The number of carboxylic acid groups (broad SMARTS) is 1. The van der Waals surface area contributed by atoms with Crippen LogP contribution in [-0.2, 0) is 4.79 Å². The summed E-state index contributed by atoms with van der Waals surface area (Å²) in [4.78, 5) is 10.0. The summed E-state index contributed by atoms with van der Waals surface area (Å²) in [5, 5.41) is 6.15. The van der Waals surface area contributed by atoms with Gasteiger partial charge >= 0.3 is 11.8 Å². The Morgan fingerprint density at radius 2 is 1.91 bits per heavy atom. The van der Waals surface area contributed by atoms with E-state index in [1.807, 2.05) is 0 Å². The Bertz CT molecular complexity index is 152. The number of alkyl halides is 1. The van der Waals surface area contributed by atoms with Crippen molar-refractivity contribution < 1.29 is 23.3 Å². The predicted octanol–water partition coefficient (Wildman–Crippen LogP) is 1.46. The van der Waals surface area contributed by atoms with Crippen molar-refractivity contribution in [2.45, 2.75) is 19.6 Å². The summed E-state index contributed by atoms with van der Waals surface area (Å²) in [7, 11) is 0. The van der Waals surface area contributed by atoms with E-state index in [1.54, 1.807) is 0 Å². The van der Waals surface area contributed by atoms with Gasteiger partial charge in [-0.3, -0.25) is 0 Å². The first-order chi connectivity index (χ1) is 4.83. The monoisotopic (exact) mass is 171 g/mol. The molecule has 3 nitrogen and oxygen atoms in total. The Hall–Kier alpha value is -0.780. The maximum atomic E-state index is 12.7. The number of carboxylic acids is 1. The smallest absolute Gasteiger partial charge is 0.362 e. The molecule has 0 aromatic carbocycles. The van der Waals surface area contributed by atoms with Crippen molar-refractivity contribution in [2.24, 2.45) is 5.92 Å². The van der Waals surface area contributed by atoms with Crippen LogP contribution < -0.4 is 0 Å². The summed E-state index contributed by atoms with van der Waals surface area (Å²) >= 11 is 0. The summed E-state index contributed by atoms with van der Waals surface area (Å²) in [6, 6.07) is 0. The second-order valence-corrected chi connectivity index (χ2v) is 2.37. The Kier molecular flexibility index (Phi) is 2.86. The Morgan fingerprint density at radius 1 is 1.55 bits per heavy atom. The molecule has 0 aliphatic carbocycles. The van der Waals surface area contributed by atoms with Crippen LogP contribution in [0.3, 0.4) is 0 Å². The molecule has 0 spiro atoms. The van der Waals surface area contributed by atoms with E-state index in [9.17, 15) is 18.1 Å². The molecule has 0 aliphatic heterocycles. The van der Waals surface area contributed by atoms with Gasteiger partial charge in [0, 0.05) is 5.92 Å². The van der Waals surface area contributed by atoms with Crippen LogP contribution in [0.25, 0.3) is 0 Å². The third kappa shape index (κ3) is 1.62. The van der Waals surface area contributed by atoms with Gasteiger partial charge in [-0.2, -0.15) is 0 Å². The largest absolute Gasteiger partial charge is 0.478 e. The highest BCUT2D eigenvalue weighted by Crippen LogP contribution is 2.27. The number of hydrogen-bond donors (Lipinski definition) is 1. The van der Waals surface area contributed by atoms with Gasteiger partial charge in [-0.1, -0.05) is 22.8 Å². The lowest BCUT2D eigenvalue weighted by Crippen LogP contribution is -2.47. The SMILES string of the molecule is CC(C)C(F)(C(=O)O)N(F)F. The van der Waals surface area contributed by atoms with Gasteiger partial charge in [-0.25, -0.2) is 9.18 Å². The van der Waals surface area contributed by atoms with Crippen molar-refractivity contribution in [2.75, 3.05) is 0 Å². The summed E-state index contributed by atoms with van der Waals surface area (Å²) in [6.45, 7) is 2.11. The maximum Gasteiger partial charge on any atom is 0.362 e. The quantitative estimate of drug-likeness (QED) is 0.516. The summed E-state index contributed by atoms with van der Waals surface area (Å²) in [5.41, 5.74) is 0. The van der Waals surface area contributed by atoms with E-state index in [2.05, 4.69) is 0 Å². The molecule has 0 saturated carbocycles. The Balaban J connectivity index is 4.67. The second-order valence-electron chi connectivity index (χ2n) is 2.37. The lowest BCUT2D eigenvalue weighted by Gasteiger charge is -2.23. The van der Waals surface area contributed by atoms with Gasteiger partial charge in [0.15, 0.2) is 0 Å². The average molecular weight is 171 g/mol. The highest BCUT2D eigenvalue weighted by molar-refractivity contribution is 5.76. The van der Waals surface area contributed by atoms with Crippen molar-refractivity contribution >= 4 is 5.97 Å². The van der Waals surface area contributed by atoms with E-state index in [1.165, 1.54) is 0 Å².